The van der Waals surface area contributed by atoms with Crippen LogP contribution in [-0.2, 0) is 9.53 Å². The number of esters is 1. The van der Waals surface area contributed by atoms with Crippen LogP contribution in [0.4, 0.5) is 0 Å². The van der Waals surface area contributed by atoms with E-state index < -0.39 is 0 Å². The molecule has 0 amide bonds. The number of quaternary nitrogens is 1. The van der Waals surface area contributed by atoms with Gasteiger partial charge in [-0.2, -0.15) is 0 Å². The second kappa shape index (κ2) is 8.87. The number of nitrogens with zero attached hydrogens (tertiary/aromatic N) is 1. The van der Waals surface area contributed by atoms with Crippen molar-refractivity contribution in [1.29, 1.82) is 0 Å². The number of piperidine rings is 1. The fraction of sp³-hybridized carbons (Fsp3) is 0.708. The smallest absolute Gasteiger partial charge is 0.313 e. The van der Waals surface area contributed by atoms with Gasteiger partial charge in [0.15, 0.2) is 0 Å². The lowest BCUT2D eigenvalue weighted by molar-refractivity contribution is -0.968. The van der Waals surface area contributed by atoms with Crippen LogP contribution in [0.15, 0.2) is 30.3 Å². The van der Waals surface area contributed by atoms with Crippen molar-refractivity contribution in [2.75, 3.05) is 7.05 Å². The number of carbonyl (C=O) groups is 1. The Kier molecular flexibility index (Phi) is 6.92. The number of hydrogen-bond acceptors (Lipinski definition) is 2. The zero-order valence-electron chi connectivity index (χ0n) is 17.6. The second-order valence-electron chi connectivity index (χ2n) is 9.66. The van der Waals surface area contributed by atoms with Crippen LogP contribution in [0, 0.1) is 5.92 Å². The SMILES string of the molecule is CC(C)[N+]1(C)C2CCC1CC(OC(=O)C(c1ccccc1)C1CCCC1)C2.[Br-]. The molecule has 2 bridgehead atoms. The van der Waals surface area contributed by atoms with Crippen LogP contribution in [-0.4, -0.2) is 41.7 Å². The largest absolute Gasteiger partial charge is 1.00 e. The van der Waals surface area contributed by atoms with Crippen molar-refractivity contribution in [1.82, 2.24) is 0 Å². The van der Waals surface area contributed by atoms with Gasteiger partial charge in [-0.1, -0.05) is 43.2 Å². The molecule has 3 fully saturated rings. The first-order valence-electron chi connectivity index (χ1n) is 11.1. The first-order valence-corrected chi connectivity index (χ1v) is 11.1. The summed E-state index contributed by atoms with van der Waals surface area (Å²) >= 11 is 0. The number of fused-ring (bicyclic) bond motifs is 2. The first kappa shape index (κ1) is 21.8. The average molecular weight is 450 g/mol. The summed E-state index contributed by atoms with van der Waals surface area (Å²) in [5.74, 6) is 0.425. The van der Waals surface area contributed by atoms with E-state index in [-0.39, 0.29) is 35.0 Å². The lowest BCUT2D eigenvalue weighted by Crippen LogP contribution is -3.00. The van der Waals surface area contributed by atoms with E-state index in [0.29, 0.717) is 24.0 Å². The van der Waals surface area contributed by atoms with E-state index in [2.05, 4.69) is 45.2 Å². The Morgan fingerprint density at radius 1 is 1.00 bits per heavy atom. The molecule has 0 spiro atoms. The van der Waals surface area contributed by atoms with Gasteiger partial charge >= 0.3 is 5.97 Å². The van der Waals surface area contributed by atoms with E-state index in [1.165, 1.54) is 30.2 Å². The maximum Gasteiger partial charge on any atom is 0.313 e. The molecule has 1 aromatic rings. The molecule has 2 saturated heterocycles. The Bertz CT molecular complexity index is 642. The zero-order chi connectivity index (χ0) is 19.0. The Hall–Kier alpha value is -0.870. The van der Waals surface area contributed by atoms with Crippen LogP contribution in [0.25, 0.3) is 0 Å². The molecule has 3 aliphatic rings. The molecule has 4 heteroatoms. The first-order chi connectivity index (χ1) is 13.0. The highest BCUT2D eigenvalue weighted by atomic mass is 79.9. The number of rotatable bonds is 5. The molecule has 2 heterocycles. The normalized spacial score (nSPS) is 33.5. The molecular weight excluding hydrogens is 414 g/mol. The van der Waals surface area contributed by atoms with Crippen LogP contribution in [0.5, 0.6) is 0 Å². The summed E-state index contributed by atoms with van der Waals surface area (Å²) < 4.78 is 7.40. The fourth-order valence-electron chi connectivity index (χ4n) is 6.36. The third-order valence-corrected chi connectivity index (χ3v) is 8.16. The summed E-state index contributed by atoms with van der Waals surface area (Å²) in [5.41, 5.74) is 1.15. The molecule has 2 aliphatic heterocycles. The second-order valence-corrected chi connectivity index (χ2v) is 9.66. The van der Waals surface area contributed by atoms with Crippen molar-refractivity contribution >= 4 is 5.97 Å². The third kappa shape index (κ3) is 3.92. The van der Waals surface area contributed by atoms with E-state index in [1.54, 1.807) is 0 Å². The summed E-state index contributed by atoms with van der Waals surface area (Å²) in [6.07, 6.45) is 9.60. The highest BCUT2D eigenvalue weighted by Gasteiger charge is 2.54. The van der Waals surface area contributed by atoms with Crippen molar-refractivity contribution in [2.24, 2.45) is 5.92 Å². The predicted molar refractivity (Wildman–Crippen MR) is 108 cm³/mol. The van der Waals surface area contributed by atoms with E-state index in [4.69, 9.17) is 4.74 Å². The molecule has 28 heavy (non-hydrogen) atoms. The number of hydrogen-bond donors (Lipinski definition) is 0. The minimum absolute atomic E-state index is 0. The standard InChI is InChI=1S/C24H36NO2.BrH/c1-17(2)25(3)20-13-14-21(25)16-22(15-20)27-24(26)23(19-11-7-8-12-19)18-9-5-4-6-10-18;/h4-6,9-10,17,19-23H,7-8,11-16H2,1-3H3;1H/q+1;/p-1. The quantitative estimate of drug-likeness (QED) is 0.507. The van der Waals surface area contributed by atoms with Crippen LogP contribution < -0.4 is 17.0 Å². The molecule has 3 unspecified atom stereocenters. The number of carbonyl (C=O) groups excluding carboxylic acids is 1. The van der Waals surface area contributed by atoms with E-state index in [9.17, 15) is 4.79 Å². The van der Waals surface area contributed by atoms with E-state index in [0.717, 1.165) is 31.2 Å². The van der Waals surface area contributed by atoms with Crippen molar-refractivity contribution < 1.29 is 31.0 Å². The predicted octanol–water partition coefficient (Wildman–Crippen LogP) is 2.06. The molecule has 4 rings (SSSR count). The molecule has 0 radical (unpaired) electrons. The van der Waals surface area contributed by atoms with Gasteiger partial charge < -0.3 is 26.2 Å². The van der Waals surface area contributed by atoms with Crippen molar-refractivity contribution in [3.05, 3.63) is 35.9 Å². The molecule has 3 atom stereocenters. The van der Waals surface area contributed by atoms with Gasteiger partial charge in [0.1, 0.15) is 6.10 Å². The van der Waals surface area contributed by atoms with Gasteiger partial charge in [-0.15, -0.1) is 0 Å². The molecule has 156 valence electrons. The monoisotopic (exact) mass is 449 g/mol. The van der Waals surface area contributed by atoms with E-state index in [1.807, 2.05) is 6.07 Å². The zero-order valence-corrected chi connectivity index (χ0v) is 19.2. The minimum atomic E-state index is -0.0701. The van der Waals surface area contributed by atoms with Gasteiger partial charge in [-0.3, -0.25) is 4.79 Å². The van der Waals surface area contributed by atoms with Gasteiger partial charge in [-0.05, 0) is 38.2 Å². The maximum atomic E-state index is 13.3. The molecule has 3 nitrogen and oxygen atoms in total. The summed E-state index contributed by atoms with van der Waals surface area (Å²) in [6, 6.07) is 12.3. The molecule has 1 aromatic carbocycles. The van der Waals surface area contributed by atoms with Crippen LogP contribution in [0.2, 0.25) is 0 Å². The maximum absolute atomic E-state index is 13.3. The molecule has 1 saturated carbocycles. The minimum Gasteiger partial charge on any atom is -1.00 e. The third-order valence-electron chi connectivity index (χ3n) is 8.16. The van der Waals surface area contributed by atoms with Crippen LogP contribution in [0.1, 0.15) is 76.7 Å². The number of halogens is 1. The molecule has 0 N–H and O–H groups in total. The molecule has 1 aliphatic carbocycles. The fourth-order valence-corrected chi connectivity index (χ4v) is 6.36. The number of ether oxygens (including phenoxy) is 1. The van der Waals surface area contributed by atoms with Gasteiger partial charge in [0, 0.05) is 25.7 Å². The Morgan fingerprint density at radius 2 is 1.57 bits per heavy atom. The summed E-state index contributed by atoms with van der Waals surface area (Å²) in [7, 11) is 2.43. The highest BCUT2D eigenvalue weighted by Crippen LogP contribution is 2.45. The Morgan fingerprint density at radius 3 is 2.11 bits per heavy atom. The van der Waals surface area contributed by atoms with Crippen molar-refractivity contribution in [3.8, 4) is 0 Å². The van der Waals surface area contributed by atoms with Crippen LogP contribution >= 0.6 is 0 Å². The van der Waals surface area contributed by atoms with Crippen molar-refractivity contribution in [2.45, 2.75) is 95.4 Å². The summed E-state index contributed by atoms with van der Waals surface area (Å²) in [5, 5.41) is 0. The van der Waals surface area contributed by atoms with Gasteiger partial charge in [0.05, 0.1) is 31.1 Å². The van der Waals surface area contributed by atoms with E-state index >= 15 is 0 Å². The summed E-state index contributed by atoms with van der Waals surface area (Å²) in [6.45, 7) is 4.70. The Balaban J connectivity index is 0.00000225. The van der Waals surface area contributed by atoms with Gasteiger partial charge in [-0.25, -0.2) is 0 Å². The van der Waals surface area contributed by atoms with Gasteiger partial charge in [0.25, 0.3) is 0 Å². The topological polar surface area (TPSA) is 26.3 Å². The Labute approximate surface area is 181 Å². The average Bonchev–Trinajstić information content (AvgIpc) is 3.21. The number of benzene rings is 1. The highest BCUT2D eigenvalue weighted by molar-refractivity contribution is 5.78. The van der Waals surface area contributed by atoms with Gasteiger partial charge in [0.2, 0.25) is 0 Å². The molecule has 0 aromatic heterocycles. The lowest BCUT2D eigenvalue weighted by atomic mass is 9.84. The van der Waals surface area contributed by atoms with Crippen LogP contribution in [0.3, 0.4) is 0 Å². The molecular formula is C24H36BrNO2. The van der Waals surface area contributed by atoms with Crippen molar-refractivity contribution in [3.63, 3.8) is 0 Å². The lowest BCUT2D eigenvalue weighted by Gasteiger charge is -2.49. The summed E-state index contributed by atoms with van der Waals surface area (Å²) in [4.78, 5) is 13.3.